The molecule has 3 N–H and O–H groups in total. The first-order chi connectivity index (χ1) is 29.7. The van der Waals surface area contributed by atoms with E-state index in [2.05, 4.69) is 70.6 Å². The van der Waals surface area contributed by atoms with Gasteiger partial charge in [-0.25, -0.2) is 14.8 Å². The highest BCUT2D eigenvalue weighted by atomic mass is 32.1. The normalized spacial score (nSPS) is 17.5. The van der Waals surface area contributed by atoms with E-state index in [1.165, 1.54) is 62.5 Å². The Morgan fingerprint density at radius 1 is 0.721 bits per heavy atom. The third kappa shape index (κ3) is 10.2. The molecule has 14 nitrogen and oxygen atoms in total. The zero-order valence-electron chi connectivity index (χ0n) is 35.0. The van der Waals surface area contributed by atoms with Gasteiger partial charge >= 0.3 is 6.09 Å². The van der Waals surface area contributed by atoms with Crippen molar-refractivity contribution in [1.82, 2.24) is 50.5 Å². The van der Waals surface area contributed by atoms with Crippen LogP contribution in [0.1, 0.15) is 118 Å². The number of fused-ring (bicyclic) bond motifs is 2. The molecule has 0 bridgehead atoms. The molecule has 0 atom stereocenters. The van der Waals surface area contributed by atoms with E-state index < -0.39 is 5.60 Å². The lowest BCUT2D eigenvalue weighted by Crippen LogP contribution is -2.39. The minimum Gasteiger partial charge on any atom is -0.444 e. The number of aromatic nitrogens is 8. The summed E-state index contributed by atoms with van der Waals surface area (Å²) in [6.45, 7) is 8.72. The lowest BCUT2D eigenvalue weighted by Gasteiger charge is -2.29. The van der Waals surface area contributed by atoms with Gasteiger partial charge in [0.1, 0.15) is 27.3 Å². The number of pyridine rings is 4. The lowest BCUT2D eigenvalue weighted by molar-refractivity contribution is 0.0270. The van der Waals surface area contributed by atoms with Crippen LogP contribution in [0.2, 0.25) is 0 Å². The molecule has 0 spiro atoms. The first-order valence-electron chi connectivity index (χ1n) is 21.5. The van der Waals surface area contributed by atoms with Crippen LogP contribution in [-0.4, -0.2) is 83.1 Å². The van der Waals surface area contributed by atoms with E-state index in [4.69, 9.17) is 14.7 Å². The van der Waals surface area contributed by atoms with Crippen LogP contribution in [0.3, 0.4) is 0 Å². The molecule has 2 saturated carbocycles. The second kappa shape index (κ2) is 18.3. The third-order valence-corrected chi connectivity index (χ3v) is 13.5. The van der Waals surface area contributed by atoms with Crippen molar-refractivity contribution in [3.8, 4) is 0 Å². The molecule has 6 aromatic rings. The van der Waals surface area contributed by atoms with Crippen LogP contribution < -0.4 is 16.0 Å². The molecule has 2 aliphatic carbocycles. The number of hydrogen-bond donors (Lipinski definition) is 3. The molecule has 10 rings (SSSR count). The fraction of sp³-hybridized carbons (Fsp3) is 0.444. The number of nitrogens with zero attached hydrogens (tertiary/aromatic N) is 9. The summed E-state index contributed by atoms with van der Waals surface area (Å²) in [5.41, 5.74) is 7.67. The van der Waals surface area contributed by atoms with Gasteiger partial charge in [-0.15, -0.1) is 20.4 Å². The molecule has 4 aliphatic rings. The van der Waals surface area contributed by atoms with Gasteiger partial charge in [0, 0.05) is 43.9 Å². The molecule has 6 aromatic heterocycles. The van der Waals surface area contributed by atoms with Gasteiger partial charge < -0.3 is 25.6 Å². The standard InChI is InChI=1S/C25H30N6O2S.C20H22N6S/c1-25(2,3)33-24(32)31-12-10-16(11-13-31)18-14-20-19(26-15-18)8-9-21(27-20)28-23-30-29-22(34-23)17-6-4-5-7-17;1-2-4-14(3-1)19-25-26-20(27-19)24-18-6-5-16-17(23-18)11-15(12-22-16)13-7-9-21-10-8-13/h8-10,14-15,17H,4-7,11-13H2,1-3H3,(H,27,28,30);5-7,11-12,14,21H,1-4,8-10H2,(H,23,24,26). The number of hydrogen-bond acceptors (Lipinski definition) is 15. The Balaban J connectivity index is 0.000000160. The molecule has 1 amide bonds. The summed E-state index contributed by atoms with van der Waals surface area (Å²) >= 11 is 3.27. The molecule has 2 fully saturated rings. The highest BCUT2D eigenvalue weighted by molar-refractivity contribution is 7.15. The molecule has 0 radical (unpaired) electrons. The Labute approximate surface area is 363 Å². The minimum absolute atomic E-state index is 0.274. The zero-order chi connectivity index (χ0) is 41.8. The second-order valence-electron chi connectivity index (χ2n) is 17.1. The largest absolute Gasteiger partial charge is 0.444 e. The van der Waals surface area contributed by atoms with Crippen LogP contribution in [0.25, 0.3) is 33.2 Å². The van der Waals surface area contributed by atoms with Crippen LogP contribution in [0.4, 0.5) is 26.7 Å². The lowest BCUT2D eigenvalue weighted by atomic mass is 10.0. The summed E-state index contributed by atoms with van der Waals surface area (Å²) in [5, 5.41) is 31.2. The van der Waals surface area contributed by atoms with Crippen LogP contribution in [0, 0.1) is 0 Å². The predicted octanol–water partition coefficient (Wildman–Crippen LogP) is 10.2. The quantitative estimate of drug-likeness (QED) is 0.132. The van der Waals surface area contributed by atoms with Gasteiger partial charge in [0.2, 0.25) is 10.3 Å². The Kier molecular flexibility index (Phi) is 12.3. The number of amides is 1. The van der Waals surface area contributed by atoms with E-state index in [1.807, 2.05) is 57.4 Å². The van der Waals surface area contributed by atoms with Gasteiger partial charge in [0.25, 0.3) is 0 Å². The smallest absolute Gasteiger partial charge is 0.410 e. The first kappa shape index (κ1) is 40.9. The molecule has 0 aromatic carbocycles. The molecule has 8 heterocycles. The van der Waals surface area contributed by atoms with Gasteiger partial charge in [-0.2, -0.15) is 0 Å². The Morgan fingerprint density at radius 2 is 1.26 bits per heavy atom. The van der Waals surface area contributed by atoms with Crippen molar-refractivity contribution < 1.29 is 9.53 Å². The molecule has 0 unspecified atom stereocenters. The SMILES string of the molecule is C1=C(c2cnc3ccc(Nc4nnc(C5CCCC5)s4)nc3c2)CCNC1.CC(C)(C)OC(=O)N1CC=C(c2cnc3ccc(Nc4nnc(C5CCCC5)s4)nc3c2)CC1. The fourth-order valence-electron chi connectivity index (χ4n) is 8.28. The summed E-state index contributed by atoms with van der Waals surface area (Å²) in [6.07, 6.45) is 19.7. The monoisotopic (exact) mass is 856 g/mol. The molecule has 2 aliphatic heterocycles. The maximum absolute atomic E-state index is 12.3. The molecule has 316 valence electrons. The Bertz CT molecular complexity index is 2570. The molecular weight excluding hydrogens is 805 g/mol. The van der Waals surface area contributed by atoms with Crippen molar-refractivity contribution in [3.05, 3.63) is 82.1 Å². The highest BCUT2D eigenvalue weighted by Crippen LogP contribution is 2.38. The molecule has 61 heavy (non-hydrogen) atoms. The van der Waals surface area contributed by atoms with Crippen molar-refractivity contribution in [2.45, 2.75) is 102 Å². The Morgan fingerprint density at radius 3 is 1.74 bits per heavy atom. The predicted molar refractivity (Wildman–Crippen MR) is 244 cm³/mol. The van der Waals surface area contributed by atoms with E-state index >= 15 is 0 Å². The third-order valence-electron chi connectivity index (χ3n) is 11.5. The Hall–Kier alpha value is -5.45. The van der Waals surface area contributed by atoms with Crippen LogP contribution in [0.15, 0.2) is 60.9 Å². The highest BCUT2D eigenvalue weighted by Gasteiger charge is 2.25. The average Bonchev–Trinajstić information content (AvgIpc) is 4.13. The number of carbonyl (C=O) groups excluding carboxylic acids is 1. The van der Waals surface area contributed by atoms with Gasteiger partial charge in [-0.05, 0) is 125 Å². The summed E-state index contributed by atoms with van der Waals surface area (Å²) in [5.74, 6) is 2.66. The van der Waals surface area contributed by atoms with E-state index in [0.717, 1.165) is 91.0 Å². The van der Waals surface area contributed by atoms with Crippen molar-refractivity contribution >= 4 is 83.9 Å². The number of anilines is 4. The van der Waals surface area contributed by atoms with Gasteiger partial charge in [-0.1, -0.05) is 60.5 Å². The first-order valence-corrected chi connectivity index (χ1v) is 23.1. The van der Waals surface area contributed by atoms with Crippen LogP contribution in [0.5, 0.6) is 0 Å². The van der Waals surface area contributed by atoms with Crippen molar-refractivity contribution in [3.63, 3.8) is 0 Å². The van der Waals surface area contributed by atoms with Gasteiger partial charge in [-0.3, -0.25) is 9.97 Å². The van der Waals surface area contributed by atoms with Crippen LogP contribution >= 0.6 is 22.7 Å². The number of nitrogens with one attached hydrogen (secondary N) is 3. The summed E-state index contributed by atoms with van der Waals surface area (Å²) in [6, 6.07) is 12.0. The second-order valence-corrected chi connectivity index (χ2v) is 19.1. The van der Waals surface area contributed by atoms with Crippen LogP contribution in [-0.2, 0) is 4.74 Å². The van der Waals surface area contributed by atoms with E-state index in [9.17, 15) is 4.79 Å². The minimum atomic E-state index is -0.493. The van der Waals surface area contributed by atoms with Crippen molar-refractivity contribution in [1.29, 1.82) is 0 Å². The number of rotatable bonds is 8. The molecule has 0 saturated heterocycles. The van der Waals surface area contributed by atoms with E-state index in [-0.39, 0.29) is 6.09 Å². The topological polar surface area (TPSA) is 169 Å². The van der Waals surface area contributed by atoms with Gasteiger partial charge in [0.15, 0.2) is 0 Å². The number of carbonyl (C=O) groups is 1. The average molecular weight is 857 g/mol. The molecule has 16 heteroatoms. The van der Waals surface area contributed by atoms with E-state index in [0.29, 0.717) is 24.9 Å². The van der Waals surface area contributed by atoms with Crippen molar-refractivity contribution in [2.24, 2.45) is 0 Å². The summed E-state index contributed by atoms with van der Waals surface area (Å²) in [4.78, 5) is 32.8. The molecular formula is C45H52N12O2S2. The fourth-order valence-corrected chi connectivity index (χ4v) is 10.1. The number of ether oxygens (including phenoxy) is 1. The van der Waals surface area contributed by atoms with Crippen molar-refractivity contribution in [2.75, 3.05) is 36.8 Å². The maximum Gasteiger partial charge on any atom is 0.410 e. The van der Waals surface area contributed by atoms with Gasteiger partial charge in [0.05, 0.1) is 22.1 Å². The summed E-state index contributed by atoms with van der Waals surface area (Å²) < 4.78 is 5.49. The van der Waals surface area contributed by atoms with E-state index in [1.54, 1.807) is 27.6 Å². The summed E-state index contributed by atoms with van der Waals surface area (Å²) in [7, 11) is 0. The zero-order valence-corrected chi connectivity index (χ0v) is 36.6. The maximum atomic E-state index is 12.3.